The van der Waals surface area contributed by atoms with E-state index in [1.165, 1.54) is 18.4 Å². The summed E-state index contributed by atoms with van der Waals surface area (Å²) in [5, 5.41) is 0. The number of hydrogen-bond acceptors (Lipinski definition) is 4. The summed E-state index contributed by atoms with van der Waals surface area (Å²) in [7, 11) is -2.98. The molecule has 1 aromatic carbocycles. The molecule has 20 heavy (non-hydrogen) atoms. The van der Waals surface area contributed by atoms with Gasteiger partial charge in [-0.25, -0.2) is 12.8 Å². The summed E-state index contributed by atoms with van der Waals surface area (Å²) in [5.41, 5.74) is 6.60. The van der Waals surface area contributed by atoms with E-state index in [-0.39, 0.29) is 24.2 Å². The molecule has 0 bridgehead atoms. The smallest absolute Gasteiger partial charge is 0.147 e. The van der Waals surface area contributed by atoms with Gasteiger partial charge in [-0.1, -0.05) is 6.92 Å². The molecule has 0 heterocycles. The zero-order valence-electron chi connectivity index (χ0n) is 11.9. The first-order valence-electron chi connectivity index (χ1n) is 6.66. The predicted octanol–water partition coefficient (Wildman–Crippen LogP) is 1.92. The quantitative estimate of drug-likeness (QED) is 0.745. The molecule has 0 aromatic heterocycles. The number of ether oxygens (including phenoxy) is 1. The van der Waals surface area contributed by atoms with Crippen LogP contribution in [0.2, 0.25) is 0 Å². The van der Waals surface area contributed by atoms with Gasteiger partial charge in [0, 0.05) is 12.3 Å². The third-order valence-corrected chi connectivity index (χ3v) is 3.98. The van der Waals surface area contributed by atoms with E-state index in [2.05, 4.69) is 0 Å². The average molecular weight is 303 g/mol. The van der Waals surface area contributed by atoms with Crippen molar-refractivity contribution in [3.05, 3.63) is 29.6 Å². The predicted molar refractivity (Wildman–Crippen MR) is 78.2 cm³/mol. The molecule has 0 spiro atoms. The maximum Gasteiger partial charge on any atom is 0.147 e. The van der Waals surface area contributed by atoms with Gasteiger partial charge in [0.1, 0.15) is 21.4 Å². The fraction of sp³-hybridized carbons (Fsp3) is 0.571. The monoisotopic (exact) mass is 303 g/mol. The van der Waals surface area contributed by atoms with Crippen molar-refractivity contribution in [3.63, 3.8) is 0 Å². The van der Waals surface area contributed by atoms with Crippen LogP contribution >= 0.6 is 0 Å². The van der Waals surface area contributed by atoms with Crippen LogP contribution < -0.4 is 10.5 Å². The third kappa shape index (κ3) is 6.34. The summed E-state index contributed by atoms with van der Waals surface area (Å²) in [6.45, 7) is 2.25. The Balaban J connectivity index is 2.64. The Labute approximate surface area is 120 Å². The summed E-state index contributed by atoms with van der Waals surface area (Å²) >= 11 is 0. The van der Waals surface area contributed by atoms with Crippen LogP contribution in [-0.2, 0) is 16.3 Å². The Hall–Kier alpha value is -1.14. The molecule has 1 aromatic rings. The number of halogens is 1. The molecule has 0 saturated heterocycles. The zero-order valence-corrected chi connectivity index (χ0v) is 12.7. The first-order chi connectivity index (χ1) is 9.31. The minimum absolute atomic E-state index is 0.0461. The second-order valence-electron chi connectivity index (χ2n) is 4.96. The van der Waals surface area contributed by atoms with Crippen LogP contribution in [0.4, 0.5) is 4.39 Å². The van der Waals surface area contributed by atoms with Crippen LogP contribution in [-0.4, -0.2) is 33.1 Å². The van der Waals surface area contributed by atoms with E-state index in [4.69, 9.17) is 10.5 Å². The lowest BCUT2D eigenvalue weighted by atomic mass is 10.0. The van der Waals surface area contributed by atoms with E-state index in [9.17, 15) is 12.8 Å². The van der Waals surface area contributed by atoms with Gasteiger partial charge in [0.2, 0.25) is 0 Å². The van der Waals surface area contributed by atoms with Crippen LogP contribution in [0.5, 0.6) is 5.75 Å². The molecule has 0 amide bonds. The first-order valence-corrected chi connectivity index (χ1v) is 8.72. The number of hydrogen-bond donors (Lipinski definition) is 1. The fourth-order valence-electron chi connectivity index (χ4n) is 1.78. The van der Waals surface area contributed by atoms with Gasteiger partial charge in [0.15, 0.2) is 0 Å². The summed E-state index contributed by atoms with van der Waals surface area (Å²) in [5.74, 6) is 0.327. The van der Waals surface area contributed by atoms with Gasteiger partial charge in [-0.3, -0.25) is 0 Å². The average Bonchev–Trinajstić information content (AvgIpc) is 2.35. The normalized spacial score (nSPS) is 13.2. The Morgan fingerprint density at radius 3 is 2.70 bits per heavy atom. The summed E-state index contributed by atoms with van der Waals surface area (Å²) < 4.78 is 40.9. The van der Waals surface area contributed by atoms with Crippen LogP contribution in [0.3, 0.4) is 0 Å². The zero-order chi connectivity index (χ0) is 15.2. The highest BCUT2D eigenvalue weighted by Crippen LogP contribution is 2.21. The lowest BCUT2D eigenvalue weighted by Gasteiger charge is -2.14. The van der Waals surface area contributed by atoms with Crippen LogP contribution in [0.15, 0.2) is 18.2 Å². The van der Waals surface area contributed by atoms with Gasteiger partial charge in [-0.05, 0) is 43.0 Å². The molecule has 4 nitrogen and oxygen atoms in total. The number of sulfone groups is 1. The summed E-state index contributed by atoms with van der Waals surface area (Å²) in [4.78, 5) is 0. The number of rotatable bonds is 8. The van der Waals surface area contributed by atoms with Crippen molar-refractivity contribution in [2.45, 2.75) is 32.2 Å². The summed E-state index contributed by atoms with van der Waals surface area (Å²) in [6.07, 6.45) is 2.94. The molecule has 0 saturated carbocycles. The molecule has 1 atom stereocenters. The van der Waals surface area contributed by atoms with Crippen molar-refractivity contribution in [1.82, 2.24) is 0 Å². The molecule has 114 valence electrons. The highest BCUT2D eigenvalue weighted by Gasteiger charge is 2.10. The van der Waals surface area contributed by atoms with E-state index in [0.29, 0.717) is 18.6 Å². The summed E-state index contributed by atoms with van der Waals surface area (Å²) in [6, 6.07) is 4.26. The molecule has 6 heteroatoms. The molecule has 0 fully saturated rings. The van der Waals surface area contributed by atoms with Gasteiger partial charge < -0.3 is 10.5 Å². The Morgan fingerprint density at radius 1 is 1.40 bits per heavy atom. The van der Waals surface area contributed by atoms with Crippen molar-refractivity contribution in [2.24, 2.45) is 5.73 Å². The highest BCUT2D eigenvalue weighted by atomic mass is 32.2. The number of benzene rings is 1. The van der Waals surface area contributed by atoms with E-state index in [1.54, 1.807) is 6.07 Å². The lowest BCUT2D eigenvalue weighted by Crippen LogP contribution is -2.22. The molecule has 0 aliphatic carbocycles. The topological polar surface area (TPSA) is 69.4 Å². The fourth-order valence-corrected chi connectivity index (χ4v) is 2.42. The van der Waals surface area contributed by atoms with Gasteiger partial charge >= 0.3 is 0 Å². The third-order valence-electron chi connectivity index (χ3n) is 2.95. The maximum absolute atomic E-state index is 13.3. The van der Waals surface area contributed by atoms with Gasteiger partial charge in [0.05, 0.1) is 12.4 Å². The van der Waals surface area contributed by atoms with Crippen molar-refractivity contribution < 1.29 is 17.5 Å². The van der Waals surface area contributed by atoms with Crippen LogP contribution in [0.25, 0.3) is 0 Å². The van der Waals surface area contributed by atoms with Crippen LogP contribution in [0.1, 0.15) is 25.3 Å². The molecule has 0 aliphatic heterocycles. The molecule has 1 rings (SSSR count). The number of nitrogens with two attached hydrogens (primary N) is 1. The van der Waals surface area contributed by atoms with Crippen LogP contribution in [0, 0.1) is 5.82 Å². The Morgan fingerprint density at radius 2 is 2.10 bits per heavy atom. The molecular weight excluding hydrogens is 281 g/mol. The van der Waals surface area contributed by atoms with E-state index < -0.39 is 9.84 Å². The van der Waals surface area contributed by atoms with E-state index in [1.807, 2.05) is 6.92 Å². The molecule has 0 radical (unpaired) electrons. The van der Waals surface area contributed by atoms with Crippen molar-refractivity contribution >= 4 is 9.84 Å². The standard InChI is InChI=1S/C14H22FNO3S/c1-3-13(16)10-11-9-12(15)5-6-14(11)19-7-4-8-20(2,17)18/h5-6,9,13H,3-4,7-8,10,16H2,1-2H3. The Kier molecular flexibility index (Phi) is 6.42. The largest absolute Gasteiger partial charge is 0.493 e. The van der Waals surface area contributed by atoms with Gasteiger partial charge in [-0.2, -0.15) is 0 Å². The molecule has 2 N–H and O–H groups in total. The van der Waals surface area contributed by atoms with Crippen molar-refractivity contribution in [2.75, 3.05) is 18.6 Å². The second kappa shape index (κ2) is 7.59. The SMILES string of the molecule is CCC(N)Cc1cc(F)ccc1OCCCS(C)(=O)=O. The first kappa shape index (κ1) is 16.9. The molecular formula is C14H22FNO3S. The molecule has 1 unspecified atom stereocenters. The second-order valence-corrected chi connectivity index (χ2v) is 7.22. The maximum atomic E-state index is 13.3. The van der Waals surface area contributed by atoms with Crippen molar-refractivity contribution in [3.8, 4) is 5.75 Å². The minimum Gasteiger partial charge on any atom is -0.493 e. The van der Waals surface area contributed by atoms with E-state index in [0.717, 1.165) is 12.0 Å². The Bertz CT molecular complexity index is 531. The van der Waals surface area contributed by atoms with Gasteiger partial charge in [-0.15, -0.1) is 0 Å². The minimum atomic E-state index is -2.98. The van der Waals surface area contributed by atoms with Gasteiger partial charge in [0.25, 0.3) is 0 Å². The van der Waals surface area contributed by atoms with E-state index >= 15 is 0 Å². The van der Waals surface area contributed by atoms with Crippen molar-refractivity contribution in [1.29, 1.82) is 0 Å². The highest BCUT2D eigenvalue weighted by molar-refractivity contribution is 7.90. The molecule has 0 aliphatic rings. The lowest BCUT2D eigenvalue weighted by molar-refractivity contribution is 0.313.